The molecule has 6 nitrogen and oxygen atoms in total. The van der Waals surface area contributed by atoms with Gasteiger partial charge in [-0.05, 0) is 62.4 Å². The van der Waals surface area contributed by atoms with E-state index in [1.54, 1.807) is 0 Å². The Kier molecular flexibility index (Phi) is 4.46. The minimum atomic E-state index is -0.408. The van der Waals surface area contributed by atoms with Gasteiger partial charge in [-0.1, -0.05) is 13.0 Å². The molecule has 1 aliphatic heterocycles. The van der Waals surface area contributed by atoms with Crippen LogP contribution in [0.3, 0.4) is 0 Å². The predicted octanol–water partition coefficient (Wildman–Crippen LogP) is 2.75. The van der Waals surface area contributed by atoms with Crippen LogP contribution >= 0.6 is 0 Å². The van der Waals surface area contributed by atoms with Crippen molar-refractivity contribution in [2.75, 3.05) is 11.5 Å². The molecule has 1 spiro atoms. The molecule has 1 aromatic carbocycles. The summed E-state index contributed by atoms with van der Waals surface area (Å²) in [5.74, 6) is 1.47. The lowest BCUT2D eigenvalue weighted by Gasteiger charge is -2.45. The van der Waals surface area contributed by atoms with E-state index in [4.69, 9.17) is 16.2 Å². The molecule has 24 heavy (non-hydrogen) atoms. The summed E-state index contributed by atoms with van der Waals surface area (Å²) in [6.45, 7) is 6.29. The van der Waals surface area contributed by atoms with Crippen molar-refractivity contribution in [2.24, 2.45) is 21.5 Å². The van der Waals surface area contributed by atoms with Crippen LogP contribution in [0.25, 0.3) is 0 Å². The Bertz CT molecular complexity index is 671. The Labute approximate surface area is 142 Å². The van der Waals surface area contributed by atoms with E-state index in [2.05, 4.69) is 16.6 Å². The highest BCUT2D eigenvalue weighted by Crippen LogP contribution is 2.39. The lowest BCUT2D eigenvalue weighted by atomic mass is 9.87. The van der Waals surface area contributed by atoms with Crippen LogP contribution in [-0.2, 0) is 0 Å². The van der Waals surface area contributed by atoms with Gasteiger partial charge in [0.2, 0.25) is 11.9 Å². The number of nitrogens with two attached hydrogens (primary N) is 2. The lowest BCUT2D eigenvalue weighted by molar-refractivity contribution is 0.305. The lowest BCUT2D eigenvalue weighted by Crippen LogP contribution is -2.58. The number of ether oxygens (including phenoxy) is 1. The molecule has 0 radical (unpaired) electrons. The molecule has 6 heteroatoms. The van der Waals surface area contributed by atoms with Gasteiger partial charge >= 0.3 is 0 Å². The zero-order valence-corrected chi connectivity index (χ0v) is 14.2. The van der Waals surface area contributed by atoms with Gasteiger partial charge in [-0.2, -0.15) is 4.99 Å². The number of rotatable bonds is 4. The smallest absolute Gasteiger partial charge is 0.220 e. The first-order chi connectivity index (χ1) is 11.5. The van der Waals surface area contributed by atoms with Crippen molar-refractivity contribution in [1.82, 2.24) is 0 Å². The van der Waals surface area contributed by atoms with Gasteiger partial charge in [0.15, 0.2) is 0 Å². The number of benzene rings is 1. The molecule has 1 fully saturated rings. The summed E-state index contributed by atoms with van der Waals surface area (Å²) in [6.07, 6.45) is 5.30. The standard InChI is InChI=1S/C18H25N5O/c1-13(2)12-24-15-8-6-14(7-9-15)23-17(20)21-16(19)22-18(23)10-4-3-5-11-18/h6-9H,1,3-5,10-12H2,2H3,(H4,19,20,21,22). The fraction of sp³-hybridized carbons (Fsp3) is 0.444. The summed E-state index contributed by atoms with van der Waals surface area (Å²) in [4.78, 5) is 10.9. The molecule has 0 saturated heterocycles. The average Bonchev–Trinajstić information content (AvgIpc) is 2.54. The summed E-state index contributed by atoms with van der Waals surface area (Å²) >= 11 is 0. The molecule has 2 aliphatic rings. The zero-order valence-electron chi connectivity index (χ0n) is 14.2. The zero-order chi connectivity index (χ0) is 17.2. The van der Waals surface area contributed by atoms with Crippen molar-refractivity contribution in [3.63, 3.8) is 0 Å². The van der Waals surface area contributed by atoms with Crippen molar-refractivity contribution < 1.29 is 4.74 Å². The Morgan fingerprint density at radius 3 is 2.50 bits per heavy atom. The van der Waals surface area contributed by atoms with Gasteiger partial charge < -0.3 is 16.2 Å². The monoisotopic (exact) mass is 327 g/mol. The third-order valence-corrected chi connectivity index (χ3v) is 4.43. The van der Waals surface area contributed by atoms with Crippen LogP contribution in [-0.4, -0.2) is 24.2 Å². The first-order valence-corrected chi connectivity index (χ1v) is 8.37. The molecule has 1 aromatic rings. The molecule has 0 atom stereocenters. The maximum absolute atomic E-state index is 6.22. The van der Waals surface area contributed by atoms with Crippen LogP contribution in [0.1, 0.15) is 39.0 Å². The van der Waals surface area contributed by atoms with Crippen LogP contribution in [0.5, 0.6) is 5.75 Å². The second-order valence-electron chi connectivity index (χ2n) is 6.56. The Hall–Kier alpha value is -2.50. The highest BCUT2D eigenvalue weighted by molar-refractivity contribution is 6.05. The third kappa shape index (κ3) is 3.22. The van der Waals surface area contributed by atoms with Crippen molar-refractivity contribution >= 4 is 17.6 Å². The molecule has 1 saturated carbocycles. The van der Waals surface area contributed by atoms with E-state index in [1.807, 2.05) is 36.1 Å². The highest BCUT2D eigenvalue weighted by Gasteiger charge is 2.42. The van der Waals surface area contributed by atoms with Crippen molar-refractivity contribution in [3.8, 4) is 5.75 Å². The highest BCUT2D eigenvalue weighted by atomic mass is 16.5. The van der Waals surface area contributed by atoms with Gasteiger partial charge in [-0.3, -0.25) is 4.90 Å². The van der Waals surface area contributed by atoms with E-state index >= 15 is 0 Å². The van der Waals surface area contributed by atoms with E-state index in [1.165, 1.54) is 6.42 Å². The van der Waals surface area contributed by atoms with Crippen LogP contribution in [0.2, 0.25) is 0 Å². The molecular weight excluding hydrogens is 302 g/mol. The largest absolute Gasteiger partial charge is 0.489 e. The molecule has 3 rings (SSSR count). The van der Waals surface area contributed by atoms with Gasteiger partial charge in [0, 0.05) is 5.69 Å². The van der Waals surface area contributed by atoms with Crippen molar-refractivity contribution in [1.29, 1.82) is 0 Å². The molecule has 0 unspecified atom stereocenters. The quantitative estimate of drug-likeness (QED) is 0.832. The number of nitrogens with zero attached hydrogens (tertiary/aromatic N) is 3. The summed E-state index contributed by atoms with van der Waals surface area (Å²) in [6, 6.07) is 7.85. The second kappa shape index (κ2) is 6.55. The summed E-state index contributed by atoms with van der Waals surface area (Å²) in [5.41, 5.74) is 13.6. The van der Waals surface area contributed by atoms with Gasteiger partial charge in [0.05, 0.1) is 0 Å². The first kappa shape index (κ1) is 16.4. The number of guanidine groups is 2. The third-order valence-electron chi connectivity index (χ3n) is 4.43. The number of hydrogen-bond donors (Lipinski definition) is 2. The fourth-order valence-corrected chi connectivity index (χ4v) is 3.39. The minimum Gasteiger partial charge on any atom is -0.489 e. The maximum Gasteiger partial charge on any atom is 0.220 e. The molecule has 0 bridgehead atoms. The molecule has 128 valence electrons. The molecule has 1 aliphatic carbocycles. The minimum absolute atomic E-state index is 0.270. The van der Waals surface area contributed by atoms with Crippen molar-refractivity contribution in [2.45, 2.75) is 44.7 Å². The number of anilines is 1. The van der Waals surface area contributed by atoms with Crippen molar-refractivity contribution in [3.05, 3.63) is 36.4 Å². The Balaban J connectivity index is 1.88. The molecule has 4 N–H and O–H groups in total. The number of hydrogen-bond acceptors (Lipinski definition) is 6. The summed E-state index contributed by atoms with van der Waals surface area (Å²) in [7, 11) is 0. The normalized spacial score (nSPS) is 19.6. The number of aliphatic imine (C=N–C) groups is 2. The Morgan fingerprint density at radius 1 is 1.21 bits per heavy atom. The van der Waals surface area contributed by atoms with Crippen LogP contribution in [0.4, 0.5) is 5.69 Å². The molecule has 0 aromatic heterocycles. The van der Waals surface area contributed by atoms with Gasteiger partial charge in [-0.25, -0.2) is 4.99 Å². The van der Waals surface area contributed by atoms with Gasteiger partial charge in [0.1, 0.15) is 18.0 Å². The molecular formula is C18H25N5O. The van der Waals surface area contributed by atoms with Gasteiger partial charge in [0.25, 0.3) is 0 Å². The summed E-state index contributed by atoms with van der Waals surface area (Å²) < 4.78 is 5.66. The van der Waals surface area contributed by atoms with E-state index in [0.29, 0.717) is 12.6 Å². The summed E-state index contributed by atoms with van der Waals surface area (Å²) in [5, 5.41) is 0. The van der Waals surface area contributed by atoms with Crippen LogP contribution < -0.4 is 21.1 Å². The van der Waals surface area contributed by atoms with Crippen LogP contribution in [0.15, 0.2) is 46.4 Å². The SMILES string of the molecule is C=C(C)COc1ccc(N2C(N)=NC(N)=NC23CCCCC3)cc1. The first-order valence-electron chi connectivity index (χ1n) is 8.37. The molecule has 1 heterocycles. The molecule has 0 amide bonds. The van der Waals surface area contributed by atoms with Crippen LogP contribution in [0, 0.1) is 0 Å². The fourth-order valence-electron chi connectivity index (χ4n) is 3.39. The van der Waals surface area contributed by atoms with E-state index < -0.39 is 5.66 Å². The van der Waals surface area contributed by atoms with E-state index in [9.17, 15) is 0 Å². The second-order valence-corrected chi connectivity index (χ2v) is 6.56. The van der Waals surface area contributed by atoms with E-state index in [0.717, 1.165) is 42.7 Å². The van der Waals surface area contributed by atoms with Gasteiger partial charge in [-0.15, -0.1) is 0 Å². The predicted molar refractivity (Wildman–Crippen MR) is 98.3 cm³/mol. The Morgan fingerprint density at radius 2 is 1.88 bits per heavy atom. The topological polar surface area (TPSA) is 89.2 Å². The average molecular weight is 327 g/mol. The van der Waals surface area contributed by atoms with E-state index in [-0.39, 0.29) is 5.96 Å². The maximum atomic E-state index is 6.22.